The van der Waals surface area contributed by atoms with E-state index in [9.17, 15) is 14.7 Å². The average Bonchev–Trinajstić information content (AvgIpc) is 2.48. The maximum Gasteiger partial charge on any atom is 0.408 e. The Morgan fingerprint density at radius 2 is 2.00 bits per heavy atom. The Balaban J connectivity index is 2.88. The van der Waals surface area contributed by atoms with Gasteiger partial charge >= 0.3 is 12.1 Å². The number of phenols is 1. The van der Waals surface area contributed by atoms with Gasteiger partial charge in [0.2, 0.25) is 0 Å². The first kappa shape index (κ1) is 21.5. The highest BCUT2D eigenvalue weighted by molar-refractivity contribution is 14.1. The van der Waals surface area contributed by atoms with E-state index >= 15 is 0 Å². The number of nitrogens with one attached hydrogen (secondary N) is 1. The van der Waals surface area contributed by atoms with E-state index in [0.717, 1.165) is 22.0 Å². The molecule has 0 saturated heterocycles. The minimum Gasteiger partial charge on any atom is -0.508 e. The Labute approximate surface area is 162 Å². The van der Waals surface area contributed by atoms with E-state index in [2.05, 4.69) is 27.9 Å². The molecular formula is C18H26INO5. The molecule has 0 saturated carbocycles. The fourth-order valence-electron chi connectivity index (χ4n) is 2.00. The van der Waals surface area contributed by atoms with Crippen molar-refractivity contribution in [2.24, 2.45) is 0 Å². The van der Waals surface area contributed by atoms with Crippen molar-refractivity contribution in [1.29, 1.82) is 0 Å². The normalized spacial score (nSPS) is 12.4. The van der Waals surface area contributed by atoms with Gasteiger partial charge in [0.1, 0.15) is 17.4 Å². The summed E-state index contributed by atoms with van der Waals surface area (Å²) in [7, 11) is 0. The fraction of sp³-hybridized carbons (Fsp3) is 0.556. The Kier molecular flexibility index (Phi) is 8.47. The summed E-state index contributed by atoms with van der Waals surface area (Å²) in [5.74, 6) is -0.413. The summed E-state index contributed by atoms with van der Waals surface area (Å²) in [6.45, 7) is 7.55. The summed E-state index contributed by atoms with van der Waals surface area (Å²) in [6.07, 6.45) is 1.19. The number of alkyl carbamates (subject to hydrolysis) is 1. The number of esters is 1. The Hall–Kier alpha value is -1.51. The molecule has 0 aliphatic carbocycles. The van der Waals surface area contributed by atoms with Crippen molar-refractivity contribution in [3.05, 3.63) is 27.3 Å². The first-order valence-electron chi connectivity index (χ1n) is 8.26. The number of carbonyl (C=O) groups is 2. The van der Waals surface area contributed by atoms with Crippen LogP contribution in [0.25, 0.3) is 0 Å². The SMILES string of the molecule is CCCCOC(=O)C(Cc1cc(O)ccc1I)NC(=O)OC(C)(C)C. The molecule has 1 unspecified atom stereocenters. The number of carbonyl (C=O) groups excluding carboxylic acids is 2. The lowest BCUT2D eigenvalue weighted by molar-refractivity contribution is -0.146. The highest BCUT2D eigenvalue weighted by Crippen LogP contribution is 2.20. The third-order valence-electron chi connectivity index (χ3n) is 3.17. The number of aromatic hydroxyl groups is 1. The zero-order valence-corrected chi connectivity index (χ0v) is 17.3. The number of hydrogen-bond donors (Lipinski definition) is 2. The minimum absolute atomic E-state index is 0.103. The van der Waals surface area contributed by atoms with Gasteiger partial charge in [-0.2, -0.15) is 0 Å². The van der Waals surface area contributed by atoms with Crippen LogP contribution in [0.4, 0.5) is 4.79 Å². The molecule has 0 radical (unpaired) electrons. The van der Waals surface area contributed by atoms with Crippen LogP contribution in [0.5, 0.6) is 5.75 Å². The first-order valence-corrected chi connectivity index (χ1v) is 9.33. The molecule has 0 bridgehead atoms. The molecule has 0 aliphatic rings. The van der Waals surface area contributed by atoms with Gasteiger partial charge in [-0.25, -0.2) is 9.59 Å². The highest BCUT2D eigenvalue weighted by Gasteiger charge is 2.26. The topological polar surface area (TPSA) is 84.9 Å². The minimum atomic E-state index is -0.887. The molecule has 25 heavy (non-hydrogen) atoms. The van der Waals surface area contributed by atoms with Gasteiger partial charge in [0.05, 0.1) is 6.61 Å². The largest absolute Gasteiger partial charge is 0.508 e. The van der Waals surface area contributed by atoms with Crippen LogP contribution in [0.3, 0.4) is 0 Å². The van der Waals surface area contributed by atoms with E-state index in [4.69, 9.17) is 9.47 Å². The Morgan fingerprint density at radius 3 is 2.60 bits per heavy atom. The summed E-state index contributed by atoms with van der Waals surface area (Å²) >= 11 is 2.12. The number of ether oxygens (including phenoxy) is 2. The molecule has 7 heteroatoms. The molecule has 1 aromatic carbocycles. The van der Waals surface area contributed by atoms with Crippen molar-refractivity contribution in [3.63, 3.8) is 0 Å². The van der Waals surface area contributed by atoms with Crippen molar-refractivity contribution in [1.82, 2.24) is 5.32 Å². The van der Waals surface area contributed by atoms with Crippen LogP contribution in [0.15, 0.2) is 18.2 Å². The zero-order valence-electron chi connectivity index (χ0n) is 15.1. The molecule has 6 nitrogen and oxygen atoms in total. The van der Waals surface area contributed by atoms with Crippen LogP contribution in [0, 0.1) is 3.57 Å². The molecule has 1 amide bonds. The zero-order chi connectivity index (χ0) is 19.0. The molecule has 1 rings (SSSR count). The number of halogens is 1. The number of amides is 1. The lowest BCUT2D eigenvalue weighted by Gasteiger charge is -2.23. The quantitative estimate of drug-likeness (QED) is 0.365. The van der Waals surface area contributed by atoms with Crippen LogP contribution in [0.1, 0.15) is 46.1 Å². The molecule has 2 N–H and O–H groups in total. The maximum absolute atomic E-state index is 12.4. The highest BCUT2D eigenvalue weighted by atomic mass is 127. The molecule has 0 aliphatic heterocycles. The maximum atomic E-state index is 12.4. The van der Waals surface area contributed by atoms with E-state index < -0.39 is 23.7 Å². The predicted molar refractivity (Wildman–Crippen MR) is 104 cm³/mol. The summed E-state index contributed by atoms with van der Waals surface area (Å²) < 4.78 is 11.4. The van der Waals surface area contributed by atoms with E-state index in [-0.39, 0.29) is 12.2 Å². The van der Waals surface area contributed by atoms with Gasteiger partial charge in [-0.3, -0.25) is 0 Å². The van der Waals surface area contributed by atoms with E-state index in [1.807, 2.05) is 6.92 Å². The van der Waals surface area contributed by atoms with Crippen molar-refractivity contribution in [3.8, 4) is 5.75 Å². The van der Waals surface area contributed by atoms with Crippen LogP contribution in [0.2, 0.25) is 0 Å². The van der Waals surface area contributed by atoms with Crippen molar-refractivity contribution >= 4 is 34.7 Å². The molecule has 140 valence electrons. The van der Waals surface area contributed by atoms with Gasteiger partial charge in [0.25, 0.3) is 0 Å². The smallest absolute Gasteiger partial charge is 0.408 e. The third-order valence-corrected chi connectivity index (χ3v) is 4.22. The number of phenolic OH excluding ortho intramolecular Hbond substituents is 1. The third kappa shape index (κ3) is 8.42. The lowest BCUT2D eigenvalue weighted by Crippen LogP contribution is -2.45. The molecular weight excluding hydrogens is 437 g/mol. The van der Waals surface area contributed by atoms with Gasteiger partial charge in [-0.15, -0.1) is 0 Å². The first-order chi connectivity index (χ1) is 11.6. The number of benzene rings is 1. The standard InChI is InChI=1S/C18H26INO5/c1-5-6-9-24-16(22)15(20-17(23)25-18(2,3)4)11-12-10-13(21)7-8-14(12)19/h7-8,10,15,21H,5-6,9,11H2,1-4H3,(H,20,23). The fourth-order valence-corrected chi connectivity index (χ4v) is 2.55. The Bertz CT molecular complexity index is 598. The number of rotatable bonds is 7. The molecule has 0 fully saturated rings. The van der Waals surface area contributed by atoms with Gasteiger partial charge < -0.3 is 19.9 Å². The predicted octanol–water partition coefficient (Wildman–Crippen LogP) is 3.78. The summed E-state index contributed by atoms with van der Waals surface area (Å²) in [5, 5.41) is 12.2. The summed E-state index contributed by atoms with van der Waals surface area (Å²) in [6, 6.07) is 4.01. The van der Waals surface area contributed by atoms with Crippen molar-refractivity contribution < 1.29 is 24.2 Å². The second-order valence-corrected chi connectivity index (χ2v) is 7.86. The molecule has 0 spiro atoms. The molecule has 0 aromatic heterocycles. The van der Waals surface area contributed by atoms with E-state index in [1.54, 1.807) is 39.0 Å². The van der Waals surface area contributed by atoms with E-state index in [1.165, 1.54) is 0 Å². The van der Waals surface area contributed by atoms with Crippen LogP contribution < -0.4 is 5.32 Å². The Morgan fingerprint density at radius 1 is 1.32 bits per heavy atom. The van der Waals surface area contributed by atoms with Crippen molar-refractivity contribution in [2.45, 2.75) is 58.6 Å². The van der Waals surface area contributed by atoms with E-state index in [0.29, 0.717) is 6.61 Å². The number of unbranched alkanes of at least 4 members (excludes halogenated alkanes) is 1. The van der Waals surface area contributed by atoms with Crippen LogP contribution >= 0.6 is 22.6 Å². The van der Waals surface area contributed by atoms with Crippen molar-refractivity contribution in [2.75, 3.05) is 6.61 Å². The molecule has 0 heterocycles. The summed E-state index contributed by atoms with van der Waals surface area (Å²) in [5.41, 5.74) is 0.0781. The van der Waals surface area contributed by atoms with Crippen LogP contribution in [-0.2, 0) is 20.7 Å². The summed E-state index contributed by atoms with van der Waals surface area (Å²) in [4.78, 5) is 24.4. The number of hydrogen-bond acceptors (Lipinski definition) is 5. The second-order valence-electron chi connectivity index (χ2n) is 6.70. The lowest BCUT2D eigenvalue weighted by atomic mass is 10.1. The van der Waals surface area contributed by atoms with Gasteiger partial charge in [0.15, 0.2) is 0 Å². The van der Waals surface area contributed by atoms with Gasteiger partial charge in [-0.05, 0) is 73.5 Å². The van der Waals surface area contributed by atoms with Crippen LogP contribution in [-0.4, -0.2) is 35.4 Å². The average molecular weight is 463 g/mol. The molecule has 1 aromatic rings. The molecule has 1 atom stereocenters. The van der Waals surface area contributed by atoms with Gasteiger partial charge in [0, 0.05) is 9.99 Å². The van der Waals surface area contributed by atoms with Gasteiger partial charge in [-0.1, -0.05) is 13.3 Å². The second kappa shape index (κ2) is 9.84. The monoisotopic (exact) mass is 463 g/mol.